The average Bonchev–Trinajstić information content (AvgIpc) is 3.01. The van der Waals surface area contributed by atoms with Crippen molar-refractivity contribution < 1.29 is 0 Å². The van der Waals surface area contributed by atoms with E-state index in [4.69, 9.17) is 0 Å². The largest absolute Gasteiger partial charge is 0.385 e. The zero-order valence-corrected chi connectivity index (χ0v) is 12.8. The molecule has 3 rings (SSSR count). The molecule has 20 heavy (non-hydrogen) atoms. The topological polar surface area (TPSA) is 15.3 Å². The van der Waals surface area contributed by atoms with Gasteiger partial charge in [0, 0.05) is 31.0 Å². The molecule has 2 aliphatic rings. The van der Waals surface area contributed by atoms with Crippen LogP contribution in [0.15, 0.2) is 18.2 Å². The van der Waals surface area contributed by atoms with Gasteiger partial charge in [-0.15, -0.1) is 0 Å². The van der Waals surface area contributed by atoms with Crippen molar-refractivity contribution in [2.75, 3.05) is 29.9 Å². The molecule has 2 nitrogen and oxygen atoms in total. The smallest absolute Gasteiger partial charge is 0.0371 e. The number of hydrogen-bond donors (Lipinski definition) is 1. The summed E-state index contributed by atoms with van der Waals surface area (Å²) in [6.07, 6.45) is 9.83. The van der Waals surface area contributed by atoms with Gasteiger partial charge in [0.05, 0.1) is 0 Å². The molecule has 110 valence electrons. The number of nitrogens with zero attached hydrogens (tertiary/aromatic N) is 1. The van der Waals surface area contributed by atoms with E-state index in [-0.39, 0.29) is 0 Å². The Hall–Kier alpha value is -1.18. The van der Waals surface area contributed by atoms with E-state index in [9.17, 15) is 0 Å². The Bertz CT molecular complexity index is 429. The van der Waals surface area contributed by atoms with Crippen molar-refractivity contribution in [1.29, 1.82) is 0 Å². The van der Waals surface area contributed by atoms with Gasteiger partial charge in [0.25, 0.3) is 0 Å². The lowest BCUT2D eigenvalue weighted by Crippen LogP contribution is -2.19. The Morgan fingerprint density at radius 3 is 2.50 bits per heavy atom. The molecule has 0 radical (unpaired) electrons. The van der Waals surface area contributed by atoms with Crippen molar-refractivity contribution in [2.24, 2.45) is 5.92 Å². The summed E-state index contributed by atoms with van der Waals surface area (Å²) >= 11 is 0. The van der Waals surface area contributed by atoms with Gasteiger partial charge < -0.3 is 10.2 Å². The molecule has 1 aromatic carbocycles. The Morgan fingerprint density at radius 2 is 1.80 bits per heavy atom. The van der Waals surface area contributed by atoms with Gasteiger partial charge >= 0.3 is 0 Å². The maximum atomic E-state index is 3.68. The number of nitrogens with one attached hydrogen (secondary N) is 1. The maximum Gasteiger partial charge on any atom is 0.0371 e. The van der Waals surface area contributed by atoms with Crippen LogP contribution in [-0.4, -0.2) is 19.6 Å². The van der Waals surface area contributed by atoms with E-state index in [1.54, 1.807) is 0 Å². The van der Waals surface area contributed by atoms with Crippen molar-refractivity contribution in [3.63, 3.8) is 0 Å². The van der Waals surface area contributed by atoms with Crippen LogP contribution in [0, 0.1) is 12.8 Å². The second-order valence-electron chi connectivity index (χ2n) is 6.58. The number of rotatable bonds is 4. The van der Waals surface area contributed by atoms with Crippen molar-refractivity contribution in [2.45, 2.75) is 51.9 Å². The van der Waals surface area contributed by atoms with E-state index < -0.39 is 0 Å². The molecule has 0 spiro atoms. The third-order valence-corrected chi connectivity index (χ3v) is 4.99. The predicted octanol–water partition coefficient (Wildman–Crippen LogP) is 4.59. The van der Waals surface area contributed by atoms with Gasteiger partial charge in [-0.2, -0.15) is 0 Å². The Balaban J connectivity index is 1.58. The lowest BCUT2D eigenvalue weighted by molar-refractivity contribution is 0.373. The highest BCUT2D eigenvalue weighted by Gasteiger charge is 2.15. The molecule has 1 aliphatic heterocycles. The lowest BCUT2D eigenvalue weighted by Gasteiger charge is -2.24. The van der Waals surface area contributed by atoms with E-state index in [0.717, 1.165) is 12.5 Å². The first kappa shape index (κ1) is 13.8. The van der Waals surface area contributed by atoms with E-state index >= 15 is 0 Å². The van der Waals surface area contributed by atoms with Gasteiger partial charge in [-0.1, -0.05) is 19.3 Å². The predicted molar refractivity (Wildman–Crippen MR) is 87.7 cm³/mol. The Morgan fingerprint density at radius 1 is 1.05 bits per heavy atom. The van der Waals surface area contributed by atoms with Crippen molar-refractivity contribution >= 4 is 11.4 Å². The number of anilines is 2. The van der Waals surface area contributed by atoms with E-state index in [1.807, 2.05) is 0 Å². The van der Waals surface area contributed by atoms with Crippen molar-refractivity contribution in [3.05, 3.63) is 23.8 Å². The summed E-state index contributed by atoms with van der Waals surface area (Å²) in [7, 11) is 0. The first-order valence-corrected chi connectivity index (χ1v) is 8.42. The molecule has 0 aromatic heterocycles. The van der Waals surface area contributed by atoms with E-state index in [0.29, 0.717) is 0 Å². The standard InChI is InChI=1S/C18H28N2/c1-15-13-17(20-11-5-6-12-20)9-10-18(15)19-14-16-7-3-2-4-8-16/h9-10,13,16,19H,2-8,11-12,14H2,1H3. The molecule has 0 bridgehead atoms. The molecule has 0 unspecified atom stereocenters. The zero-order valence-electron chi connectivity index (χ0n) is 12.8. The van der Waals surface area contributed by atoms with Crippen molar-refractivity contribution in [3.8, 4) is 0 Å². The summed E-state index contributed by atoms with van der Waals surface area (Å²) in [5.41, 5.74) is 4.13. The molecule has 2 heteroatoms. The van der Waals surface area contributed by atoms with Gasteiger partial charge in [-0.3, -0.25) is 0 Å². The fourth-order valence-electron chi connectivity index (χ4n) is 3.66. The maximum absolute atomic E-state index is 3.68. The molecule has 0 amide bonds. The third kappa shape index (κ3) is 3.28. The molecule has 1 heterocycles. The van der Waals surface area contributed by atoms with Crippen LogP contribution in [0.25, 0.3) is 0 Å². The molecule has 2 fully saturated rings. The molecule has 1 saturated heterocycles. The number of benzene rings is 1. The first-order chi connectivity index (χ1) is 9.83. The van der Waals surface area contributed by atoms with Crippen LogP contribution < -0.4 is 10.2 Å². The van der Waals surface area contributed by atoms with E-state index in [1.165, 1.54) is 75.0 Å². The highest BCUT2D eigenvalue weighted by atomic mass is 15.1. The monoisotopic (exact) mass is 272 g/mol. The van der Waals surface area contributed by atoms with Gasteiger partial charge in [0.15, 0.2) is 0 Å². The lowest BCUT2D eigenvalue weighted by atomic mass is 9.89. The van der Waals surface area contributed by atoms with Gasteiger partial charge in [0.1, 0.15) is 0 Å². The van der Waals surface area contributed by atoms with Crippen LogP contribution in [0.1, 0.15) is 50.5 Å². The Labute approximate surface area is 123 Å². The summed E-state index contributed by atoms with van der Waals surface area (Å²) in [6.45, 7) is 5.86. The second-order valence-corrected chi connectivity index (χ2v) is 6.58. The minimum Gasteiger partial charge on any atom is -0.385 e. The quantitative estimate of drug-likeness (QED) is 0.862. The molecule has 1 aromatic rings. The molecular formula is C18H28N2. The number of hydrogen-bond acceptors (Lipinski definition) is 2. The van der Waals surface area contributed by atoms with Crippen LogP contribution in [0.4, 0.5) is 11.4 Å². The summed E-state index contributed by atoms with van der Waals surface area (Å²) < 4.78 is 0. The third-order valence-electron chi connectivity index (χ3n) is 4.99. The summed E-state index contributed by atoms with van der Waals surface area (Å²) in [4.78, 5) is 2.51. The SMILES string of the molecule is Cc1cc(N2CCCC2)ccc1NCC1CCCCC1. The fraction of sp³-hybridized carbons (Fsp3) is 0.667. The molecule has 1 saturated carbocycles. The minimum absolute atomic E-state index is 0.890. The van der Waals surface area contributed by atoms with E-state index in [2.05, 4.69) is 35.3 Å². The first-order valence-electron chi connectivity index (χ1n) is 8.42. The van der Waals surface area contributed by atoms with Gasteiger partial charge in [-0.05, 0) is 62.3 Å². The highest BCUT2D eigenvalue weighted by molar-refractivity contribution is 5.60. The number of aryl methyl sites for hydroxylation is 1. The minimum atomic E-state index is 0.890. The molecular weight excluding hydrogens is 244 g/mol. The normalized spacial score (nSPS) is 20.4. The average molecular weight is 272 g/mol. The second kappa shape index (κ2) is 6.51. The van der Waals surface area contributed by atoms with Gasteiger partial charge in [-0.25, -0.2) is 0 Å². The molecule has 1 N–H and O–H groups in total. The van der Waals surface area contributed by atoms with Crippen LogP contribution >= 0.6 is 0 Å². The Kier molecular flexibility index (Phi) is 4.49. The highest BCUT2D eigenvalue weighted by Crippen LogP contribution is 2.27. The van der Waals surface area contributed by atoms with Crippen molar-refractivity contribution in [1.82, 2.24) is 0 Å². The van der Waals surface area contributed by atoms with Crippen LogP contribution in [0.3, 0.4) is 0 Å². The summed E-state index contributed by atoms with van der Waals surface area (Å²) in [5, 5.41) is 3.68. The van der Waals surface area contributed by atoms with Crippen LogP contribution in [0.5, 0.6) is 0 Å². The summed E-state index contributed by atoms with van der Waals surface area (Å²) in [5.74, 6) is 0.890. The van der Waals surface area contributed by atoms with Crippen LogP contribution in [0.2, 0.25) is 0 Å². The zero-order chi connectivity index (χ0) is 13.8. The summed E-state index contributed by atoms with van der Waals surface area (Å²) in [6, 6.07) is 6.93. The molecule has 1 aliphatic carbocycles. The molecule has 0 atom stereocenters. The fourth-order valence-corrected chi connectivity index (χ4v) is 3.66. The van der Waals surface area contributed by atoms with Gasteiger partial charge in [0.2, 0.25) is 0 Å². The van der Waals surface area contributed by atoms with Crippen LogP contribution in [-0.2, 0) is 0 Å².